The van der Waals surface area contributed by atoms with Crippen LogP contribution in [0.15, 0.2) is 59.8 Å². The maximum atomic E-state index is 13.7. The van der Waals surface area contributed by atoms with Crippen molar-refractivity contribution in [2.24, 2.45) is 5.73 Å². The van der Waals surface area contributed by atoms with Gasteiger partial charge in [-0.15, -0.1) is 0 Å². The van der Waals surface area contributed by atoms with Crippen LogP contribution >= 0.6 is 0 Å². The summed E-state index contributed by atoms with van der Waals surface area (Å²) in [5.74, 6) is -0.793. The van der Waals surface area contributed by atoms with E-state index < -0.39 is 29.9 Å². The lowest BCUT2D eigenvalue weighted by molar-refractivity contribution is -0.116. The summed E-state index contributed by atoms with van der Waals surface area (Å²) >= 11 is 0. The molecule has 0 fully saturated rings. The summed E-state index contributed by atoms with van der Waals surface area (Å²) in [7, 11) is 1.43. The molecule has 0 aliphatic heterocycles. The molecule has 0 atom stereocenters. The van der Waals surface area contributed by atoms with E-state index in [0.717, 1.165) is 0 Å². The summed E-state index contributed by atoms with van der Waals surface area (Å²) in [5.41, 5.74) is 4.27. The molecule has 0 unspecified atom stereocenters. The number of alkyl halides is 3. The van der Waals surface area contributed by atoms with Gasteiger partial charge in [0, 0.05) is 30.0 Å². The van der Waals surface area contributed by atoms with Gasteiger partial charge in [-0.1, -0.05) is 13.0 Å². The van der Waals surface area contributed by atoms with E-state index in [4.69, 9.17) is 10.5 Å². The molecule has 0 spiro atoms. The van der Waals surface area contributed by atoms with E-state index in [9.17, 15) is 22.8 Å². The summed E-state index contributed by atoms with van der Waals surface area (Å²) in [6, 6.07) is 11.8. The van der Waals surface area contributed by atoms with Crippen molar-refractivity contribution in [1.82, 2.24) is 0 Å². The van der Waals surface area contributed by atoms with Crippen LogP contribution in [0.2, 0.25) is 0 Å². The summed E-state index contributed by atoms with van der Waals surface area (Å²) in [6.45, 7) is 1.02. The first-order valence-electron chi connectivity index (χ1n) is 9.30. The molecule has 0 saturated heterocycles. The van der Waals surface area contributed by atoms with Gasteiger partial charge in [0.1, 0.15) is 11.4 Å². The molecule has 0 bridgehead atoms. The van der Waals surface area contributed by atoms with Crippen LogP contribution in [0, 0.1) is 0 Å². The number of rotatable bonds is 8. The predicted molar refractivity (Wildman–Crippen MR) is 113 cm³/mol. The van der Waals surface area contributed by atoms with E-state index in [2.05, 4.69) is 16.0 Å². The quantitative estimate of drug-likeness (QED) is 0.470. The molecule has 166 valence electrons. The lowest BCUT2D eigenvalue weighted by Gasteiger charge is -2.19. The Bertz CT molecular complexity index is 957. The molecule has 2 rings (SSSR count). The Morgan fingerprint density at radius 1 is 0.968 bits per heavy atom. The van der Waals surface area contributed by atoms with Gasteiger partial charge in [-0.05, 0) is 42.5 Å². The second-order valence-electron chi connectivity index (χ2n) is 6.35. The van der Waals surface area contributed by atoms with Gasteiger partial charge >= 0.3 is 6.18 Å². The fourth-order valence-electron chi connectivity index (χ4n) is 2.58. The number of allylic oxidation sites excluding steroid dienone is 1. The molecule has 0 aromatic heterocycles. The monoisotopic (exact) mass is 436 g/mol. The Hall–Kier alpha value is -3.53. The highest BCUT2D eigenvalue weighted by atomic mass is 19.4. The third-order valence-electron chi connectivity index (χ3n) is 4.15. The maximum absolute atomic E-state index is 13.7. The zero-order valence-electron chi connectivity index (χ0n) is 17.0. The van der Waals surface area contributed by atoms with Crippen LogP contribution in [0.25, 0.3) is 0 Å². The molecule has 10 heteroatoms. The molecule has 0 saturated carbocycles. The molecule has 2 aromatic rings. The number of amides is 2. The number of halogens is 3. The van der Waals surface area contributed by atoms with Crippen LogP contribution in [0.3, 0.4) is 0 Å². The van der Waals surface area contributed by atoms with Gasteiger partial charge in [0.2, 0.25) is 5.91 Å². The number of carbonyl (C=O) groups is 2. The second-order valence-corrected chi connectivity index (χ2v) is 6.35. The van der Waals surface area contributed by atoms with Gasteiger partial charge in [-0.3, -0.25) is 9.59 Å². The molecule has 2 aromatic carbocycles. The second kappa shape index (κ2) is 10.5. The zero-order chi connectivity index (χ0) is 23.0. The van der Waals surface area contributed by atoms with Crippen molar-refractivity contribution in [2.45, 2.75) is 19.5 Å². The van der Waals surface area contributed by atoms with Crippen LogP contribution in [-0.4, -0.2) is 31.6 Å². The third kappa shape index (κ3) is 6.75. The Labute approximate surface area is 177 Å². The van der Waals surface area contributed by atoms with Gasteiger partial charge in [0.05, 0.1) is 12.7 Å². The lowest BCUT2D eigenvalue weighted by atomic mass is 10.1. The first kappa shape index (κ1) is 23.7. The number of methoxy groups -OCH3 is 1. The van der Waals surface area contributed by atoms with Gasteiger partial charge in [-0.25, -0.2) is 0 Å². The Balaban J connectivity index is 2.31. The van der Waals surface area contributed by atoms with Gasteiger partial charge in [0.25, 0.3) is 5.91 Å². The average molecular weight is 436 g/mol. The maximum Gasteiger partial charge on any atom is 0.431 e. The Morgan fingerprint density at radius 2 is 1.58 bits per heavy atom. The fourth-order valence-corrected chi connectivity index (χ4v) is 2.58. The predicted octanol–water partition coefficient (Wildman–Crippen LogP) is 3.87. The highest BCUT2D eigenvalue weighted by molar-refractivity contribution is 6.05. The van der Waals surface area contributed by atoms with Crippen molar-refractivity contribution in [3.05, 3.63) is 59.8 Å². The minimum Gasteiger partial charge on any atom is -0.497 e. The summed E-state index contributed by atoms with van der Waals surface area (Å²) in [4.78, 5) is 24.1. The highest BCUT2D eigenvalue weighted by Crippen LogP contribution is 2.30. The van der Waals surface area contributed by atoms with Crippen LogP contribution in [0.4, 0.5) is 30.2 Å². The van der Waals surface area contributed by atoms with Crippen molar-refractivity contribution in [3.63, 3.8) is 0 Å². The topological polar surface area (TPSA) is 105 Å². The van der Waals surface area contributed by atoms with Crippen LogP contribution in [-0.2, 0) is 9.59 Å². The van der Waals surface area contributed by atoms with E-state index in [0.29, 0.717) is 11.4 Å². The number of ether oxygens (including phenoxy) is 1. The SMILES string of the molecule is CCC(=O)Nc1cccc(NC(=O)/C(CN)=C(/Nc2ccc(OC)cc2)C(F)(F)F)c1. The number of nitrogens with one attached hydrogen (secondary N) is 3. The van der Waals surface area contributed by atoms with Crippen molar-refractivity contribution in [2.75, 3.05) is 29.6 Å². The van der Waals surface area contributed by atoms with Gasteiger partial charge < -0.3 is 26.4 Å². The first-order valence-corrected chi connectivity index (χ1v) is 9.30. The molecule has 2 amide bonds. The van der Waals surface area contributed by atoms with Gasteiger partial charge in [0.15, 0.2) is 0 Å². The zero-order valence-corrected chi connectivity index (χ0v) is 17.0. The highest BCUT2D eigenvalue weighted by Gasteiger charge is 2.38. The smallest absolute Gasteiger partial charge is 0.431 e. The summed E-state index contributed by atoms with van der Waals surface area (Å²) in [5, 5.41) is 7.24. The number of anilines is 3. The Kier molecular flexibility index (Phi) is 8.03. The molecular weight excluding hydrogens is 413 g/mol. The molecule has 0 aliphatic carbocycles. The van der Waals surface area contributed by atoms with Crippen LogP contribution in [0.1, 0.15) is 13.3 Å². The summed E-state index contributed by atoms with van der Waals surface area (Å²) in [6.07, 6.45) is -4.61. The molecule has 31 heavy (non-hydrogen) atoms. The third-order valence-corrected chi connectivity index (χ3v) is 4.15. The van der Waals surface area contributed by atoms with E-state index in [1.54, 1.807) is 19.1 Å². The molecule has 0 radical (unpaired) electrons. The first-order chi connectivity index (χ1) is 14.7. The minimum absolute atomic E-state index is 0.108. The largest absolute Gasteiger partial charge is 0.497 e. The van der Waals surface area contributed by atoms with Gasteiger partial charge in [-0.2, -0.15) is 13.2 Å². The average Bonchev–Trinajstić information content (AvgIpc) is 2.73. The van der Waals surface area contributed by atoms with Crippen molar-refractivity contribution in [1.29, 1.82) is 0 Å². The number of carbonyl (C=O) groups excluding carboxylic acids is 2. The number of nitrogens with two attached hydrogens (primary N) is 1. The van der Waals surface area contributed by atoms with E-state index in [-0.39, 0.29) is 23.7 Å². The molecule has 0 aliphatic rings. The molecule has 7 nitrogen and oxygen atoms in total. The van der Waals surface area contributed by atoms with Crippen molar-refractivity contribution < 1.29 is 27.5 Å². The van der Waals surface area contributed by atoms with Crippen molar-refractivity contribution >= 4 is 28.9 Å². The number of hydrogen-bond donors (Lipinski definition) is 4. The van der Waals surface area contributed by atoms with Crippen LogP contribution < -0.4 is 26.4 Å². The molecule has 5 N–H and O–H groups in total. The fraction of sp³-hybridized carbons (Fsp3) is 0.238. The normalized spacial score (nSPS) is 11.9. The number of benzene rings is 2. The lowest BCUT2D eigenvalue weighted by Crippen LogP contribution is -2.30. The number of hydrogen-bond acceptors (Lipinski definition) is 5. The van der Waals surface area contributed by atoms with E-state index in [1.807, 2.05) is 0 Å². The van der Waals surface area contributed by atoms with E-state index in [1.165, 1.54) is 43.5 Å². The minimum atomic E-state index is -4.86. The van der Waals surface area contributed by atoms with Crippen molar-refractivity contribution in [3.8, 4) is 5.75 Å². The molecule has 0 heterocycles. The standard InChI is InChI=1S/C21H23F3N4O3/c1-3-18(29)26-14-5-4-6-15(11-14)28-20(30)17(12-25)19(21(22,23)24)27-13-7-9-16(31-2)10-8-13/h4-11,27H,3,12,25H2,1-2H3,(H,26,29)(H,28,30)/b19-17+. The summed E-state index contributed by atoms with van der Waals surface area (Å²) < 4.78 is 46.1. The van der Waals surface area contributed by atoms with E-state index >= 15 is 0 Å². The van der Waals surface area contributed by atoms with Crippen LogP contribution in [0.5, 0.6) is 5.75 Å². The molecular formula is C21H23F3N4O3. The Morgan fingerprint density at radius 3 is 2.10 bits per heavy atom.